The highest BCUT2D eigenvalue weighted by molar-refractivity contribution is 5.69. The number of rotatable bonds is 9. The van der Waals surface area contributed by atoms with Crippen LogP contribution in [0.5, 0.6) is 5.75 Å². The second kappa shape index (κ2) is 10.9. The molecule has 2 unspecified atom stereocenters. The van der Waals surface area contributed by atoms with Crippen molar-refractivity contribution in [2.75, 3.05) is 29.9 Å². The van der Waals surface area contributed by atoms with Gasteiger partial charge in [0.1, 0.15) is 23.3 Å². The number of para-hydroxylation sites is 1. The van der Waals surface area contributed by atoms with Gasteiger partial charge in [0.2, 0.25) is 5.95 Å². The number of likely N-dealkylation sites (tertiary alicyclic amines) is 1. The number of piperazine rings is 1. The van der Waals surface area contributed by atoms with E-state index in [0.29, 0.717) is 12.1 Å². The molecule has 0 aliphatic carbocycles. The molecule has 2 aliphatic rings. The minimum atomic E-state index is 0.131. The van der Waals surface area contributed by atoms with Crippen LogP contribution in [-0.2, 0) is 0 Å². The summed E-state index contributed by atoms with van der Waals surface area (Å²) in [6.45, 7) is 7.19. The first-order valence-electron chi connectivity index (χ1n) is 14.4. The molecular formula is C33H35N7O. The SMILES string of the molecule is CC(CN1C[C@@H]2C[C@H]1CN2c1nc(-c2ccnc(NC(C)c3ccccc3)c2)cc2nccn12)Oc1ccccc1. The van der Waals surface area contributed by atoms with Crippen LogP contribution < -0.4 is 15.0 Å². The molecule has 2 bridgehead atoms. The molecule has 2 fully saturated rings. The van der Waals surface area contributed by atoms with Gasteiger partial charge in [-0.15, -0.1) is 0 Å². The normalized spacial score (nSPS) is 19.9. The highest BCUT2D eigenvalue weighted by Crippen LogP contribution is 2.35. The first-order valence-corrected chi connectivity index (χ1v) is 14.4. The molecule has 208 valence electrons. The highest BCUT2D eigenvalue weighted by atomic mass is 16.5. The van der Waals surface area contributed by atoms with Gasteiger partial charge in [0.25, 0.3) is 0 Å². The second-order valence-electron chi connectivity index (χ2n) is 11.2. The van der Waals surface area contributed by atoms with Crippen LogP contribution in [0.3, 0.4) is 0 Å². The Labute approximate surface area is 240 Å². The van der Waals surface area contributed by atoms with Crippen molar-refractivity contribution >= 4 is 17.4 Å². The zero-order valence-corrected chi connectivity index (χ0v) is 23.5. The fourth-order valence-electron chi connectivity index (χ4n) is 6.29. The van der Waals surface area contributed by atoms with Gasteiger partial charge in [-0.05, 0) is 50.1 Å². The summed E-state index contributed by atoms with van der Waals surface area (Å²) in [6.07, 6.45) is 6.99. The Hall–Kier alpha value is -4.43. The van der Waals surface area contributed by atoms with Gasteiger partial charge in [-0.2, -0.15) is 0 Å². The molecule has 4 atom stereocenters. The smallest absolute Gasteiger partial charge is 0.212 e. The lowest BCUT2D eigenvalue weighted by Crippen LogP contribution is -2.49. The van der Waals surface area contributed by atoms with Crippen molar-refractivity contribution in [2.45, 2.75) is 44.5 Å². The monoisotopic (exact) mass is 545 g/mol. The molecule has 7 rings (SSSR count). The van der Waals surface area contributed by atoms with Crippen LogP contribution in [0.25, 0.3) is 16.9 Å². The van der Waals surface area contributed by atoms with E-state index in [1.54, 1.807) is 0 Å². The number of pyridine rings is 1. The van der Waals surface area contributed by atoms with Crippen molar-refractivity contribution < 1.29 is 4.74 Å². The summed E-state index contributed by atoms with van der Waals surface area (Å²) in [5.41, 5.74) is 4.05. The number of ether oxygens (including phenoxy) is 1. The minimum absolute atomic E-state index is 0.131. The lowest BCUT2D eigenvalue weighted by Gasteiger charge is -2.36. The Morgan fingerprint density at radius 3 is 2.49 bits per heavy atom. The second-order valence-corrected chi connectivity index (χ2v) is 11.2. The van der Waals surface area contributed by atoms with Crippen LogP contribution >= 0.6 is 0 Å². The van der Waals surface area contributed by atoms with Gasteiger partial charge >= 0.3 is 0 Å². The van der Waals surface area contributed by atoms with Crippen LogP contribution in [0.15, 0.2) is 97.5 Å². The maximum absolute atomic E-state index is 6.18. The van der Waals surface area contributed by atoms with E-state index < -0.39 is 0 Å². The summed E-state index contributed by atoms with van der Waals surface area (Å²) in [4.78, 5) is 19.5. The number of benzene rings is 2. The lowest BCUT2D eigenvalue weighted by atomic mass is 10.1. The highest BCUT2D eigenvalue weighted by Gasteiger charge is 2.44. The fourth-order valence-corrected chi connectivity index (χ4v) is 6.29. The number of nitrogens with zero attached hydrogens (tertiary/aromatic N) is 6. The molecule has 2 aromatic carbocycles. The van der Waals surface area contributed by atoms with Gasteiger partial charge in [0.05, 0.1) is 5.69 Å². The molecule has 8 nitrogen and oxygen atoms in total. The molecule has 5 aromatic rings. The summed E-state index contributed by atoms with van der Waals surface area (Å²) < 4.78 is 8.29. The zero-order valence-electron chi connectivity index (χ0n) is 23.5. The fraction of sp³-hybridized carbons (Fsp3) is 0.303. The first kappa shape index (κ1) is 25.5. The Bertz CT molecular complexity index is 1620. The van der Waals surface area contributed by atoms with Crippen molar-refractivity contribution in [1.82, 2.24) is 24.3 Å². The summed E-state index contributed by atoms with van der Waals surface area (Å²) >= 11 is 0. The molecule has 0 amide bonds. The Morgan fingerprint density at radius 2 is 1.71 bits per heavy atom. The zero-order chi connectivity index (χ0) is 27.8. The van der Waals surface area contributed by atoms with Gasteiger partial charge < -0.3 is 15.0 Å². The maximum Gasteiger partial charge on any atom is 0.212 e. The number of imidazole rings is 1. The Balaban J connectivity index is 1.09. The van der Waals surface area contributed by atoms with Crippen LogP contribution in [0.4, 0.5) is 11.8 Å². The van der Waals surface area contributed by atoms with Crippen LogP contribution in [-0.4, -0.2) is 62.1 Å². The minimum Gasteiger partial charge on any atom is -0.489 e. The molecule has 0 radical (unpaired) electrons. The summed E-state index contributed by atoms with van der Waals surface area (Å²) in [5.74, 6) is 2.71. The third-order valence-corrected chi connectivity index (χ3v) is 8.27. The number of anilines is 2. The molecule has 2 saturated heterocycles. The summed E-state index contributed by atoms with van der Waals surface area (Å²) in [5, 5.41) is 3.54. The van der Waals surface area contributed by atoms with E-state index in [1.807, 2.05) is 61.1 Å². The number of hydrogen-bond donors (Lipinski definition) is 1. The van der Waals surface area contributed by atoms with E-state index in [1.165, 1.54) is 5.56 Å². The number of aromatic nitrogens is 4. The predicted molar refractivity (Wildman–Crippen MR) is 162 cm³/mol. The van der Waals surface area contributed by atoms with E-state index in [9.17, 15) is 0 Å². The Morgan fingerprint density at radius 1 is 0.902 bits per heavy atom. The van der Waals surface area contributed by atoms with Gasteiger partial charge in [0, 0.05) is 68.0 Å². The average molecular weight is 546 g/mol. The molecule has 0 spiro atoms. The van der Waals surface area contributed by atoms with E-state index in [4.69, 9.17) is 9.72 Å². The predicted octanol–water partition coefficient (Wildman–Crippen LogP) is 5.69. The molecule has 1 N–H and O–H groups in total. The van der Waals surface area contributed by atoms with Crippen molar-refractivity contribution in [3.05, 3.63) is 103 Å². The topological polar surface area (TPSA) is 70.8 Å². The molecule has 2 aliphatic heterocycles. The van der Waals surface area contributed by atoms with E-state index in [0.717, 1.165) is 60.5 Å². The van der Waals surface area contributed by atoms with Gasteiger partial charge in [-0.25, -0.2) is 15.0 Å². The summed E-state index contributed by atoms with van der Waals surface area (Å²) in [7, 11) is 0. The van der Waals surface area contributed by atoms with Crippen LogP contribution in [0, 0.1) is 0 Å². The average Bonchev–Trinajstić information content (AvgIpc) is 3.74. The number of hydrogen-bond acceptors (Lipinski definition) is 7. The van der Waals surface area contributed by atoms with Crippen molar-refractivity contribution in [3.8, 4) is 17.0 Å². The van der Waals surface area contributed by atoms with Crippen molar-refractivity contribution in [1.29, 1.82) is 0 Å². The molecule has 8 heteroatoms. The van der Waals surface area contributed by atoms with Gasteiger partial charge in [-0.3, -0.25) is 9.30 Å². The van der Waals surface area contributed by atoms with Crippen LogP contribution in [0.1, 0.15) is 31.9 Å². The quantitative estimate of drug-likeness (QED) is 0.255. The molecule has 0 saturated carbocycles. The largest absolute Gasteiger partial charge is 0.489 e. The third kappa shape index (κ3) is 5.23. The van der Waals surface area contributed by atoms with E-state index >= 15 is 0 Å². The van der Waals surface area contributed by atoms with E-state index in [-0.39, 0.29) is 12.1 Å². The maximum atomic E-state index is 6.18. The van der Waals surface area contributed by atoms with Crippen LogP contribution in [0.2, 0.25) is 0 Å². The van der Waals surface area contributed by atoms with Gasteiger partial charge in [0.15, 0.2) is 0 Å². The van der Waals surface area contributed by atoms with Gasteiger partial charge in [-0.1, -0.05) is 48.5 Å². The van der Waals surface area contributed by atoms with Crippen molar-refractivity contribution in [2.24, 2.45) is 0 Å². The Kier molecular flexibility index (Phi) is 6.76. The summed E-state index contributed by atoms with van der Waals surface area (Å²) in [6, 6.07) is 27.7. The molecular weight excluding hydrogens is 510 g/mol. The first-order chi connectivity index (χ1) is 20.1. The number of fused-ring (bicyclic) bond motifs is 3. The molecule has 3 aromatic heterocycles. The molecule has 5 heterocycles. The lowest BCUT2D eigenvalue weighted by molar-refractivity contribution is 0.132. The number of nitrogens with one attached hydrogen (secondary N) is 1. The third-order valence-electron chi connectivity index (χ3n) is 8.27. The molecule has 41 heavy (non-hydrogen) atoms. The van der Waals surface area contributed by atoms with Crippen molar-refractivity contribution in [3.63, 3.8) is 0 Å². The van der Waals surface area contributed by atoms with E-state index in [2.05, 4.69) is 79.7 Å². The standard InChI is InChI=1S/C33H35N7O/c1-23(41-29-11-7-4-8-12-29)20-38-21-28-18-27(38)22-40(28)33-37-30(19-32-35-15-16-39(32)33)26-13-14-34-31(17-26)36-24(2)25-9-5-3-6-10-25/h3-17,19,23-24,27-28H,18,20-22H2,1-2H3,(H,34,36)/t23?,24?,27-,28-/m0/s1.